The van der Waals surface area contributed by atoms with Crippen molar-refractivity contribution in [3.8, 4) is 17.2 Å². The van der Waals surface area contributed by atoms with E-state index in [4.69, 9.17) is 9.90 Å². The zero-order valence-corrected chi connectivity index (χ0v) is 15.3. The molecule has 0 bridgehead atoms. The summed E-state index contributed by atoms with van der Waals surface area (Å²) < 4.78 is 6.24. The third kappa shape index (κ3) is 3.47. The van der Waals surface area contributed by atoms with E-state index in [-0.39, 0.29) is 6.47 Å². The molecule has 0 aliphatic heterocycles. The van der Waals surface area contributed by atoms with Crippen LogP contribution in [0.4, 0.5) is 0 Å². The Bertz CT molecular complexity index is 859. The van der Waals surface area contributed by atoms with Crippen LogP contribution in [0.2, 0.25) is 0 Å². The van der Waals surface area contributed by atoms with Gasteiger partial charge in [0, 0.05) is 26.0 Å². The van der Waals surface area contributed by atoms with Crippen LogP contribution in [0, 0.1) is 20.8 Å². The lowest BCUT2D eigenvalue weighted by Gasteiger charge is -2.09. The molecule has 25 heavy (non-hydrogen) atoms. The Morgan fingerprint density at radius 2 is 1.92 bits per heavy atom. The van der Waals surface area contributed by atoms with Crippen molar-refractivity contribution < 1.29 is 9.90 Å². The summed E-state index contributed by atoms with van der Waals surface area (Å²) in [7, 11) is 2.01. The van der Waals surface area contributed by atoms with Crippen LogP contribution in [0.15, 0.2) is 18.6 Å². The molecule has 0 amide bonds. The van der Waals surface area contributed by atoms with Gasteiger partial charge < -0.3 is 9.67 Å². The molecule has 0 saturated heterocycles. The Kier molecular flexibility index (Phi) is 5.74. The molecule has 0 spiro atoms. The van der Waals surface area contributed by atoms with E-state index in [1.54, 1.807) is 0 Å². The molecule has 0 aromatic carbocycles. The molecular weight excluding hydrogens is 320 g/mol. The van der Waals surface area contributed by atoms with Gasteiger partial charge in [0.15, 0.2) is 5.82 Å². The van der Waals surface area contributed by atoms with Crippen LogP contribution >= 0.6 is 0 Å². The van der Waals surface area contributed by atoms with Gasteiger partial charge in [-0.25, -0.2) is 9.97 Å². The second-order valence-electron chi connectivity index (χ2n) is 5.72. The smallest absolute Gasteiger partial charge is 0.290 e. The highest BCUT2D eigenvalue weighted by atomic mass is 16.3. The van der Waals surface area contributed by atoms with Crippen molar-refractivity contribution in [1.82, 2.24) is 28.9 Å². The summed E-state index contributed by atoms with van der Waals surface area (Å²) in [6.45, 7) is 9.00. The van der Waals surface area contributed by atoms with Gasteiger partial charge in [-0.05, 0) is 27.2 Å². The van der Waals surface area contributed by atoms with Gasteiger partial charge in [-0.2, -0.15) is 5.10 Å². The first-order valence-corrected chi connectivity index (χ1v) is 8.10. The molecule has 0 radical (unpaired) electrons. The summed E-state index contributed by atoms with van der Waals surface area (Å²) in [6.07, 6.45) is 6.76. The summed E-state index contributed by atoms with van der Waals surface area (Å²) in [6, 6.07) is 0. The maximum Gasteiger partial charge on any atom is 0.290 e. The molecule has 8 nitrogen and oxygen atoms in total. The van der Waals surface area contributed by atoms with Crippen LogP contribution in [0.5, 0.6) is 0 Å². The second kappa shape index (κ2) is 7.78. The highest BCUT2D eigenvalue weighted by molar-refractivity contribution is 5.56. The molecule has 3 aromatic heterocycles. The van der Waals surface area contributed by atoms with Gasteiger partial charge in [0.25, 0.3) is 6.47 Å². The van der Waals surface area contributed by atoms with Crippen molar-refractivity contribution in [2.24, 2.45) is 7.05 Å². The topological polar surface area (TPSA) is 90.8 Å². The van der Waals surface area contributed by atoms with Gasteiger partial charge in [-0.1, -0.05) is 6.92 Å². The maximum absolute atomic E-state index is 8.36. The van der Waals surface area contributed by atoms with E-state index in [0.29, 0.717) is 0 Å². The number of hydrogen-bond donors (Lipinski definition) is 1. The van der Waals surface area contributed by atoms with Crippen LogP contribution in [-0.4, -0.2) is 40.5 Å². The van der Waals surface area contributed by atoms with Crippen LogP contribution < -0.4 is 0 Å². The lowest BCUT2D eigenvalue weighted by Crippen LogP contribution is -2.04. The molecule has 0 aliphatic rings. The Labute approximate surface area is 146 Å². The largest absolute Gasteiger partial charge is 0.483 e. The molecule has 3 aromatic rings. The van der Waals surface area contributed by atoms with Crippen molar-refractivity contribution in [1.29, 1.82) is 0 Å². The van der Waals surface area contributed by atoms with Crippen LogP contribution in [-0.2, 0) is 18.4 Å². The minimum Gasteiger partial charge on any atom is -0.483 e. The normalized spacial score (nSPS) is 10.4. The van der Waals surface area contributed by atoms with Crippen LogP contribution in [0.25, 0.3) is 17.2 Å². The van der Waals surface area contributed by atoms with Crippen molar-refractivity contribution in [3.63, 3.8) is 0 Å². The predicted molar refractivity (Wildman–Crippen MR) is 94.7 cm³/mol. The fraction of sp³-hybridized carbons (Fsp3) is 0.412. The summed E-state index contributed by atoms with van der Waals surface area (Å²) >= 11 is 0. The van der Waals surface area contributed by atoms with Crippen LogP contribution in [0.3, 0.4) is 0 Å². The molecular formula is C17H24N6O2. The fourth-order valence-corrected chi connectivity index (χ4v) is 2.85. The third-order valence-electron chi connectivity index (χ3n) is 4.11. The molecule has 1 N–H and O–H groups in total. The van der Waals surface area contributed by atoms with E-state index in [2.05, 4.69) is 42.7 Å². The first kappa shape index (κ1) is 18.4. The number of aryl methyl sites for hydroxylation is 3. The van der Waals surface area contributed by atoms with Crippen molar-refractivity contribution in [2.75, 3.05) is 0 Å². The number of imidazole rings is 2. The van der Waals surface area contributed by atoms with Gasteiger partial charge >= 0.3 is 0 Å². The molecule has 0 atom stereocenters. The molecule has 0 saturated carbocycles. The van der Waals surface area contributed by atoms with Crippen LogP contribution in [0.1, 0.15) is 30.6 Å². The van der Waals surface area contributed by atoms with E-state index >= 15 is 0 Å². The van der Waals surface area contributed by atoms with Gasteiger partial charge in [0.1, 0.15) is 11.5 Å². The number of rotatable bonds is 4. The average molecular weight is 344 g/mol. The Morgan fingerprint density at radius 3 is 2.48 bits per heavy atom. The SMILES string of the molecule is CCCn1nc(C)c(-n2ccnc2-c2cnc(C)n2C)c1C.O=CO. The van der Waals surface area contributed by atoms with E-state index in [1.807, 2.05) is 39.5 Å². The van der Waals surface area contributed by atoms with E-state index < -0.39 is 0 Å². The average Bonchev–Trinajstić information content (AvgIpc) is 3.22. The standard InChI is InChI=1S/C16H22N6.CH2O2/c1-6-8-22-12(3)15(11(2)19-22)21-9-7-17-16(21)14-10-18-13(4)20(14)5;2-1-3/h7,9-10H,6,8H2,1-5H3;1H,(H,2,3). The molecule has 0 unspecified atom stereocenters. The summed E-state index contributed by atoms with van der Waals surface area (Å²) in [5, 5.41) is 11.6. The van der Waals surface area contributed by atoms with Gasteiger partial charge in [-0.15, -0.1) is 0 Å². The van der Waals surface area contributed by atoms with Crippen molar-refractivity contribution >= 4 is 6.47 Å². The number of hydrogen-bond acceptors (Lipinski definition) is 4. The quantitative estimate of drug-likeness (QED) is 0.734. The fourth-order valence-electron chi connectivity index (χ4n) is 2.85. The Balaban J connectivity index is 0.000000701. The minimum atomic E-state index is -0.250. The van der Waals surface area contributed by atoms with E-state index in [0.717, 1.165) is 47.4 Å². The first-order valence-electron chi connectivity index (χ1n) is 8.10. The number of carboxylic acid groups (broad SMARTS) is 1. The third-order valence-corrected chi connectivity index (χ3v) is 4.11. The Hall–Kier alpha value is -2.90. The maximum atomic E-state index is 8.36. The monoisotopic (exact) mass is 344 g/mol. The van der Waals surface area contributed by atoms with Gasteiger partial charge in [0.05, 0.1) is 23.3 Å². The van der Waals surface area contributed by atoms with Gasteiger partial charge in [-0.3, -0.25) is 14.0 Å². The zero-order valence-electron chi connectivity index (χ0n) is 15.3. The van der Waals surface area contributed by atoms with E-state index in [9.17, 15) is 0 Å². The summed E-state index contributed by atoms with van der Waals surface area (Å²) in [5.74, 6) is 1.87. The molecule has 3 heterocycles. The minimum absolute atomic E-state index is 0.250. The second-order valence-corrected chi connectivity index (χ2v) is 5.72. The van der Waals surface area contributed by atoms with Crippen molar-refractivity contribution in [3.05, 3.63) is 35.8 Å². The lowest BCUT2D eigenvalue weighted by atomic mass is 10.3. The highest BCUT2D eigenvalue weighted by Crippen LogP contribution is 2.26. The first-order chi connectivity index (χ1) is 12.0. The lowest BCUT2D eigenvalue weighted by molar-refractivity contribution is -0.122. The molecule has 3 rings (SSSR count). The molecule has 8 heteroatoms. The molecule has 0 fully saturated rings. The Morgan fingerprint density at radius 1 is 1.24 bits per heavy atom. The van der Waals surface area contributed by atoms with Crippen molar-refractivity contribution in [2.45, 2.75) is 40.7 Å². The zero-order chi connectivity index (χ0) is 18.6. The highest BCUT2D eigenvalue weighted by Gasteiger charge is 2.18. The predicted octanol–water partition coefficient (Wildman–Crippen LogP) is 2.51. The number of nitrogens with zero attached hydrogens (tertiary/aromatic N) is 6. The molecule has 134 valence electrons. The number of carbonyl (C=O) groups is 1. The summed E-state index contributed by atoms with van der Waals surface area (Å²) in [4.78, 5) is 17.3. The molecule has 0 aliphatic carbocycles. The van der Waals surface area contributed by atoms with E-state index in [1.165, 1.54) is 0 Å². The summed E-state index contributed by atoms with van der Waals surface area (Å²) in [5.41, 5.74) is 4.30. The van der Waals surface area contributed by atoms with Gasteiger partial charge in [0.2, 0.25) is 0 Å². The number of aromatic nitrogens is 6.